The lowest BCUT2D eigenvalue weighted by atomic mass is 10.1. The van der Waals surface area contributed by atoms with Gasteiger partial charge in [-0.1, -0.05) is 63.7 Å². The van der Waals surface area contributed by atoms with E-state index in [2.05, 4.69) is 21.2 Å². The van der Waals surface area contributed by atoms with Crippen LogP contribution in [0, 0.1) is 0 Å². The van der Waals surface area contributed by atoms with Crippen molar-refractivity contribution in [1.82, 2.24) is 10.2 Å². The van der Waals surface area contributed by atoms with E-state index in [1.807, 2.05) is 6.92 Å². The van der Waals surface area contributed by atoms with Gasteiger partial charge >= 0.3 is 0 Å². The Balaban J connectivity index is 2.22. The number of nitrogens with one attached hydrogen (secondary N) is 1. The fourth-order valence-electron chi connectivity index (χ4n) is 2.65. The number of hydrogen-bond acceptors (Lipinski definition) is 3. The molecule has 1 atom stereocenters. The van der Waals surface area contributed by atoms with Gasteiger partial charge < -0.3 is 15.0 Å². The number of benzene rings is 2. The van der Waals surface area contributed by atoms with Gasteiger partial charge in [0.15, 0.2) is 6.61 Å². The summed E-state index contributed by atoms with van der Waals surface area (Å²) in [5.41, 5.74) is 0.561. The summed E-state index contributed by atoms with van der Waals surface area (Å²) in [6.07, 6.45) is 0.786. The third kappa shape index (κ3) is 6.77. The molecule has 0 aliphatic carbocycles. The summed E-state index contributed by atoms with van der Waals surface area (Å²) in [5.74, 6) is -0.300. The second-order valence-corrected chi connectivity index (χ2v) is 8.69. The van der Waals surface area contributed by atoms with Crippen molar-refractivity contribution in [2.75, 3.05) is 13.2 Å². The third-order valence-corrected chi connectivity index (χ3v) is 5.85. The van der Waals surface area contributed by atoms with Crippen LogP contribution in [0.4, 0.5) is 0 Å². The highest BCUT2D eigenvalue weighted by atomic mass is 79.9. The molecule has 1 N–H and O–H groups in total. The highest BCUT2D eigenvalue weighted by molar-refractivity contribution is 9.10. The van der Waals surface area contributed by atoms with E-state index in [0.717, 1.165) is 10.9 Å². The maximum Gasteiger partial charge on any atom is 0.261 e. The summed E-state index contributed by atoms with van der Waals surface area (Å²) in [7, 11) is 0. The zero-order chi connectivity index (χ0) is 22.3. The van der Waals surface area contributed by atoms with Gasteiger partial charge in [0.05, 0.1) is 5.02 Å². The Morgan fingerprint density at radius 3 is 2.40 bits per heavy atom. The van der Waals surface area contributed by atoms with Crippen LogP contribution in [0.15, 0.2) is 40.9 Å². The topological polar surface area (TPSA) is 58.6 Å². The average molecular weight is 537 g/mol. The van der Waals surface area contributed by atoms with Crippen molar-refractivity contribution in [2.24, 2.45) is 0 Å². The van der Waals surface area contributed by atoms with Crippen LogP contribution >= 0.6 is 50.7 Å². The summed E-state index contributed by atoms with van der Waals surface area (Å²) in [6, 6.07) is 9.43. The number of hydrogen-bond donors (Lipinski definition) is 1. The van der Waals surface area contributed by atoms with E-state index in [-0.39, 0.29) is 19.1 Å². The molecule has 0 bridgehead atoms. The Labute approximate surface area is 199 Å². The Morgan fingerprint density at radius 1 is 1.13 bits per heavy atom. The lowest BCUT2D eigenvalue weighted by Gasteiger charge is -2.29. The van der Waals surface area contributed by atoms with Crippen molar-refractivity contribution in [3.05, 3.63) is 61.5 Å². The van der Waals surface area contributed by atoms with Crippen LogP contribution in [0.1, 0.15) is 25.8 Å². The van der Waals surface area contributed by atoms with Gasteiger partial charge in [-0.15, -0.1) is 0 Å². The van der Waals surface area contributed by atoms with E-state index < -0.39 is 11.9 Å². The van der Waals surface area contributed by atoms with E-state index in [1.54, 1.807) is 43.3 Å². The van der Waals surface area contributed by atoms with Gasteiger partial charge in [-0.05, 0) is 43.7 Å². The summed E-state index contributed by atoms with van der Waals surface area (Å²) < 4.78 is 6.40. The minimum absolute atomic E-state index is 0.0650. The number of nitrogens with zero attached hydrogens (tertiary/aromatic N) is 1. The van der Waals surface area contributed by atoms with Crippen LogP contribution in [0.25, 0.3) is 0 Å². The molecule has 1 unspecified atom stereocenters. The molecule has 5 nitrogen and oxygen atoms in total. The summed E-state index contributed by atoms with van der Waals surface area (Å²) in [4.78, 5) is 27.0. The molecule has 162 valence electrons. The molecule has 9 heteroatoms. The molecule has 0 heterocycles. The van der Waals surface area contributed by atoms with Gasteiger partial charge in [-0.2, -0.15) is 0 Å². The molecule has 0 spiro atoms. The fourth-order valence-corrected chi connectivity index (χ4v) is 3.89. The monoisotopic (exact) mass is 534 g/mol. The first-order chi connectivity index (χ1) is 14.2. The van der Waals surface area contributed by atoms with E-state index >= 15 is 0 Å². The molecule has 0 fully saturated rings. The smallest absolute Gasteiger partial charge is 0.261 e. The maximum absolute atomic E-state index is 13.0. The second-order valence-electron chi connectivity index (χ2n) is 6.55. The molecule has 2 rings (SSSR count). The molecule has 2 aromatic carbocycles. The lowest BCUT2D eigenvalue weighted by molar-refractivity contribution is -0.142. The molecule has 0 aromatic heterocycles. The predicted octanol–water partition coefficient (Wildman–Crippen LogP) is 5.73. The lowest BCUT2D eigenvalue weighted by Crippen LogP contribution is -2.49. The van der Waals surface area contributed by atoms with Crippen molar-refractivity contribution in [3.63, 3.8) is 0 Å². The predicted molar refractivity (Wildman–Crippen MR) is 124 cm³/mol. The quantitative estimate of drug-likeness (QED) is 0.445. The molecule has 0 aliphatic rings. The normalized spacial score (nSPS) is 11.7. The summed E-state index contributed by atoms with van der Waals surface area (Å²) in [5, 5.41) is 4.00. The van der Waals surface area contributed by atoms with Gasteiger partial charge in [0.1, 0.15) is 11.8 Å². The van der Waals surface area contributed by atoms with Gasteiger partial charge in [0, 0.05) is 33.2 Å². The molecule has 2 aromatic rings. The number of ether oxygens (including phenoxy) is 1. The minimum Gasteiger partial charge on any atom is -0.482 e. The molecule has 0 aliphatic heterocycles. The third-order valence-electron chi connectivity index (χ3n) is 4.35. The van der Waals surface area contributed by atoms with E-state index in [4.69, 9.17) is 39.5 Å². The summed E-state index contributed by atoms with van der Waals surface area (Å²) >= 11 is 22.0. The van der Waals surface area contributed by atoms with Crippen LogP contribution in [0.5, 0.6) is 5.75 Å². The van der Waals surface area contributed by atoms with E-state index in [1.165, 1.54) is 4.90 Å². The fraction of sp³-hybridized carbons (Fsp3) is 0.333. The zero-order valence-corrected chi connectivity index (χ0v) is 20.4. The van der Waals surface area contributed by atoms with Gasteiger partial charge in [-0.3, -0.25) is 9.59 Å². The maximum atomic E-state index is 13.0. The number of halogens is 4. The first-order valence-electron chi connectivity index (χ1n) is 9.32. The molecular formula is C21H22BrCl3N2O3. The Hall–Kier alpha value is -1.47. The van der Waals surface area contributed by atoms with Crippen molar-refractivity contribution in [3.8, 4) is 5.75 Å². The van der Waals surface area contributed by atoms with Crippen LogP contribution in [-0.4, -0.2) is 35.9 Å². The van der Waals surface area contributed by atoms with Crippen LogP contribution in [-0.2, 0) is 16.1 Å². The van der Waals surface area contributed by atoms with Gasteiger partial charge in [-0.25, -0.2) is 0 Å². The van der Waals surface area contributed by atoms with Crippen molar-refractivity contribution in [2.45, 2.75) is 32.9 Å². The molecule has 2 amide bonds. The Bertz CT molecular complexity index is 891. The van der Waals surface area contributed by atoms with Crippen molar-refractivity contribution < 1.29 is 14.3 Å². The van der Waals surface area contributed by atoms with E-state index in [0.29, 0.717) is 32.9 Å². The Kier molecular flexibility index (Phi) is 9.75. The Morgan fingerprint density at radius 2 is 1.80 bits per heavy atom. The van der Waals surface area contributed by atoms with Crippen molar-refractivity contribution >= 4 is 62.5 Å². The molecule has 0 saturated heterocycles. The largest absolute Gasteiger partial charge is 0.482 e. The second kappa shape index (κ2) is 11.8. The van der Waals surface area contributed by atoms with Crippen LogP contribution in [0.2, 0.25) is 15.1 Å². The number of carbonyl (C=O) groups excluding carboxylic acids is 2. The number of carbonyl (C=O) groups is 2. The van der Waals surface area contributed by atoms with Crippen molar-refractivity contribution in [1.29, 1.82) is 0 Å². The zero-order valence-electron chi connectivity index (χ0n) is 16.6. The average Bonchev–Trinajstić information content (AvgIpc) is 2.70. The first kappa shape index (κ1) is 24.8. The highest BCUT2D eigenvalue weighted by Gasteiger charge is 2.27. The van der Waals surface area contributed by atoms with Gasteiger partial charge in [0.2, 0.25) is 5.91 Å². The van der Waals surface area contributed by atoms with Crippen LogP contribution in [0.3, 0.4) is 0 Å². The van der Waals surface area contributed by atoms with Gasteiger partial charge in [0.25, 0.3) is 5.91 Å². The molecule has 0 radical (unpaired) electrons. The number of amides is 2. The summed E-state index contributed by atoms with van der Waals surface area (Å²) in [6.45, 7) is 3.89. The van der Waals surface area contributed by atoms with Crippen LogP contribution < -0.4 is 10.1 Å². The SMILES string of the molecule is CCCNC(=O)C(C)N(Cc1c(Cl)cccc1Cl)C(=O)COc1ccc(Br)cc1Cl. The standard InChI is InChI=1S/C21H22BrCl3N2O3/c1-3-9-26-21(29)13(2)27(11-15-16(23)5-4-6-17(15)24)20(28)12-30-19-8-7-14(22)10-18(19)25/h4-8,10,13H,3,9,11-12H2,1-2H3,(H,26,29). The van der Waals surface area contributed by atoms with E-state index in [9.17, 15) is 9.59 Å². The molecular weight excluding hydrogens is 515 g/mol. The first-order valence-corrected chi connectivity index (χ1v) is 11.2. The number of rotatable bonds is 9. The minimum atomic E-state index is -0.750. The highest BCUT2D eigenvalue weighted by Crippen LogP contribution is 2.29. The molecule has 0 saturated carbocycles. The molecule has 30 heavy (non-hydrogen) atoms.